The maximum atomic E-state index is 12.7. The molecule has 6 heteroatoms. The maximum absolute atomic E-state index is 12.7. The Bertz CT molecular complexity index is 445. The smallest absolute Gasteiger partial charge is 0.316 e. The average Bonchev–Trinajstić information content (AvgIpc) is 2.49. The van der Waals surface area contributed by atoms with Crippen molar-refractivity contribution in [3.05, 3.63) is 18.2 Å². The summed E-state index contributed by atoms with van der Waals surface area (Å²) in [4.78, 5) is 19.3. The van der Waals surface area contributed by atoms with Crippen LogP contribution in [0.1, 0.15) is 51.9 Å². The number of hydrogen-bond donors (Lipinski definition) is 1. The second kappa shape index (κ2) is 7.90. The van der Waals surface area contributed by atoms with E-state index in [4.69, 9.17) is 4.74 Å². The molecule has 2 rings (SSSR count). The molecule has 0 atom stereocenters. The van der Waals surface area contributed by atoms with E-state index in [2.05, 4.69) is 22.2 Å². The van der Waals surface area contributed by atoms with E-state index in [1.165, 1.54) is 0 Å². The number of nitrogens with one attached hydrogen (secondary N) is 1. The first-order valence-electron chi connectivity index (χ1n) is 7.61. The number of carbonyl (C=O) groups is 1. The molecule has 0 spiro atoms. The SMILES string of the molecule is CCCCC(=O)NC1CCC(Oc2ncc(F)cn2)CC1. The number of aromatic nitrogens is 2. The van der Waals surface area contributed by atoms with Crippen LogP contribution in [0, 0.1) is 5.82 Å². The summed E-state index contributed by atoms with van der Waals surface area (Å²) in [5.41, 5.74) is 0. The van der Waals surface area contributed by atoms with Crippen LogP contribution in [0.2, 0.25) is 0 Å². The minimum atomic E-state index is -0.471. The lowest BCUT2D eigenvalue weighted by Crippen LogP contribution is -2.39. The standard InChI is InChI=1S/C15H22FN3O2/c1-2-3-4-14(20)19-12-5-7-13(8-6-12)21-15-17-9-11(16)10-18-15/h9-10,12-13H,2-8H2,1H3,(H,19,20). The third kappa shape index (κ3) is 5.28. The van der Waals surface area contributed by atoms with Crippen LogP contribution < -0.4 is 10.1 Å². The van der Waals surface area contributed by atoms with Crippen molar-refractivity contribution in [1.82, 2.24) is 15.3 Å². The summed E-state index contributed by atoms with van der Waals surface area (Å²) in [7, 11) is 0. The number of ether oxygens (including phenoxy) is 1. The van der Waals surface area contributed by atoms with Crippen LogP contribution in [-0.4, -0.2) is 28.0 Å². The first-order valence-corrected chi connectivity index (χ1v) is 7.61. The molecule has 0 radical (unpaired) electrons. The van der Waals surface area contributed by atoms with E-state index in [1.54, 1.807) is 0 Å². The van der Waals surface area contributed by atoms with Crippen LogP contribution >= 0.6 is 0 Å². The third-order valence-corrected chi connectivity index (χ3v) is 3.67. The van der Waals surface area contributed by atoms with Crippen molar-refractivity contribution in [2.75, 3.05) is 0 Å². The quantitative estimate of drug-likeness (QED) is 0.876. The zero-order valence-electron chi connectivity index (χ0n) is 12.3. The van der Waals surface area contributed by atoms with Crippen LogP contribution in [0.4, 0.5) is 4.39 Å². The Morgan fingerprint density at radius 3 is 2.62 bits per heavy atom. The van der Waals surface area contributed by atoms with Gasteiger partial charge in [-0.1, -0.05) is 13.3 Å². The number of nitrogens with zero attached hydrogens (tertiary/aromatic N) is 2. The van der Waals surface area contributed by atoms with Crippen molar-refractivity contribution < 1.29 is 13.9 Å². The van der Waals surface area contributed by atoms with Crippen molar-refractivity contribution in [2.24, 2.45) is 0 Å². The Morgan fingerprint density at radius 1 is 1.33 bits per heavy atom. The maximum Gasteiger partial charge on any atom is 0.316 e. The zero-order chi connectivity index (χ0) is 15.1. The van der Waals surface area contributed by atoms with E-state index in [0.29, 0.717) is 6.42 Å². The van der Waals surface area contributed by atoms with Gasteiger partial charge in [0, 0.05) is 12.5 Å². The molecule has 1 amide bonds. The van der Waals surface area contributed by atoms with Crippen molar-refractivity contribution >= 4 is 5.91 Å². The number of unbranched alkanes of at least 4 members (excludes halogenated alkanes) is 1. The number of amides is 1. The molecular formula is C15H22FN3O2. The fraction of sp³-hybridized carbons (Fsp3) is 0.667. The Kier molecular flexibility index (Phi) is 5.90. The molecule has 0 aromatic carbocycles. The third-order valence-electron chi connectivity index (χ3n) is 3.67. The predicted molar refractivity (Wildman–Crippen MR) is 76.3 cm³/mol. The van der Waals surface area contributed by atoms with Crippen molar-refractivity contribution in [3.8, 4) is 6.01 Å². The Balaban J connectivity index is 1.70. The summed E-state index contributed by atoms with van der Waals surface area (Å²) in [6, 6.07) is 0.454. The van der Waals surface area contributed by atoms with Gasteiger partial charge in [-0.3, -0.25) is 4.79 Å². The minimum absolute atomic E-state index is 0.0410. The highest BCUT2D eigenvalue weighted by Crippen LogP contribution is 2.22. The number of hydrogen-bond acceptors (Lipinski definition) is 4. The second-order valence-corrected chi connectivity index (χ2v) is 5.45. The summed E-state index contributed by atoms with van der Waals surface area (Å²) < 4.78 is 18.3. The van der Waals surface area contributed by atoms with Gasteiger partial charge in [-0.05, 0) is 32.1 Å². The summed E-state index contributed by atoms with van der Waals surface area (Å²) in [5.74, 6) is -0.330. The van der Waals surface area contributed by atoms with E-state index < -0.39 is 5.82 Å². The molecule has 1 heterocycles. The highest BCUT2D eigenvalue weighted by molar-refractivity contribution is 5.76. The molecule has 0 unspecified atom stereocenters. The average molecular weight is 295 g/mol. The summed E-state index contributed by atoms with van der Waals surface area (Å²) in [6.07, 6.45) is 8.30. The highest BCUT2D eigenvalue weighted by Gasteiger charge is 2.24. The molecule has 5 nitrogen and oxygen atoms in total. The monoisotopic (exact) mass is 295 g/mol. The van der Waals surface area contributed by atoms with Crippen molar-refractivity contribution in [1.29, 1.82) is 0 Å². The molecule has 1 saturated carbocycles. The topological polar surface area (TPSA) is 64.1 Å². The van der Waals surface area contributed by atoms with E-state index in [9.17, 15) is 9.18 Å². The van der Waals surface area contributed by atoms with Gasteiger partial charge in [0.25, 0.3) is 0 Å². The number of halogens is 1. The van der Waals surface area contributed by atoms with Gasteiger partial charge in [0.1, 0.15) is 6.10 Å². The first kappa shape index (κ1) is 15.7. The van der Waals surface area contributed by atoms with E-state index in [1.807, 2.05) is 0 Å². The summed E-state index contributed by atoms with van der Waals surface area (Å²) >= 11 is 0. The highest BCUT2D eigenvalue weighted by atomic mass is 19.1. The summed E-state index contributed by atoms with van der Waals surface area (Å²) in [6.45, 7) is 2.08. The van der Waals surface area contributed by atoms with Gasteiger partial charge in [0.2, 0.25) is 5.91 Å². The molecule has 21 heavy (non-hydrogen) atoms. The number of carbonyl (C=O) groups excluding carboxylic acids is 1. The molecule has 1 aromatic heterocycles. The fourth-order valence-electron chi connectivity index (χ4n) is 2.47. The van der Waals surface area contributed by atoms with Crippen LogP contribution in [0.5, 0.6) is 6.01 Å². The Labute approximate surface area is 124 Å². The van der Waals surface area contributed by atoms with Crippen molar-refractivity contribution in [2.45, 2.75) is 64.0 Å². The van der Waals surface area contributed by atoms with Gasteiger partial charge >= 0.3 is 6.01 Å². The fourth-order valence-corrected chi connectivity index (χ4v) is 2.47. The second-order valence-electron chi connectivity index (χ2n) is 5.45. The Hall–Kier alpha value is -1.72. The molecule has 116 valence electrons. The molecule has 1 fully saturated rings. The molecule has 1 aliphatic carbocycles. The Morgan fingerprint density at radius 2 is 2.00 bits per heavy atom. The molecular weight excluding hydrogens is 273 g/mol. The molecule has 0 saturated heterocycles. The predicted octanol–water partition coefficient (Wildman–Crippen LogP) is 2.61. The molecule has 1 aliphatic rings. The molecule has 0 aliphatic heterocycles. The largest absolute Gasteiger partial charge is 0.460 e. The normalized spacial score (nSPS) is 21.8. The van der Waals surface area contributed by atoms with Crippen LogP contribution in [0.3, 0.4) is 0 Å². The minimum Gasteiger partial charge on any atom is -0.460 e. The van der Waals surface area contributed by atoms with E-state index in [-0.39, 0.29) is 24.1 Å². The molecule has 0 bridgehead atoms. The van der Waals surface area contributed by atoms with Crippen LogP contribution in [-0.2, 0) is 4.79 Å². The van der Waals surface area contributed by atoms with Gasteiger partial charge in [-0.25, -0.2) is 14.4 Å². The lowest BCUT2D eigenvalue weighted by Gasteiger charge is -2.28. The van der Waals surface area contributed by atoms with Gasteiger partial charge in [0.15, 0.2) is 5.82 Å². The molecule has 1 aromatic rings. The lowest BCUT2D eigenvalue weighted by atomic mass is 9.93. The lowest BCUT2D eigenvalue weighted by molar-refractivity contribution is -0.122. The molecule has 1 N–H and O–H groups in total. The van der Waals surface area contributed by atoms with Gasteiger partial charge in [0.05, 0.1) is 12.4 Å². The van der Waals surface area contributed by atoms with Crippen LogP contribution in [0.25, 0.3) is 0 Å². The van der Waals surface area contributed by atoms with Gasteiger partial charge in [-0.2, -0.15) is 0 Å². The van der Waals surface area contributed by atoms with Gasteiger partial charge < -0.3 is 10.1 Å². The number of rotatable bonds is 6. The zero-order valence-corrected chi connectivity index (χ0v) is 12.3. The van der Waals surface area contributed by atoms with E-state index >= 15 is 0 Å². The first-order chi connectivity index (χ1) is 10.2. The van der Waals surface area contributed by atoms with E-state index in [0.717, 1.165) is 50.9 Å². The summed E-state index contributed by atoms with van der Waals surface area (Å²) in [5, 5.41) is 3.07. The van der Waals surface area contributed by atoms with Gasteiger partial charge in [-0.15, -0.1) is 0 Å². The van der Waals surface area contributed by atoms with Crippen LogP contribution in [0.15, 0.2) is 12.4 Å². The van der Waals surface area contributed by atoms with Crippen molar-refractivity contribution in [3.63, 3.8) is 0 Å².